The minimum atomic E-state index is -0.289. The molecule has 0 unspecified atom stereocenters. The van der Waals surface area contributed by atoms with E-state index in [2.05, 4.69) is 56.3 Å². The summed E-state index contributed by atoms with van der Waals surface area (Å²) in [6.07, 6.45) is -0.289. The molecule has 0 saturated heterocycles. The topological polar surface area (TPSA) is 18.5 Å². The van der Waals surface area contributed by atoms with E-state index in [1.54, 1.807) is 14.2 Å². The first-order chi connectivity index (χ1) is 10.1. The summed E-state index contributed by atoms with van der Waals surface area (Å²) in [5, 5.41) is 0. The van der Waals surface area contributed by atoms with Crippen LogP contribution in [0.25, 0.3) is 0 Å². The molecule has 0 aliphatic heterocycles. The van der Waals surface area contributed by atoms with Crippen LogP contribution in [0.1, 0.15) is 28.5 Å². The molecule has 0 radical (unpaired) electrons. The molecule has 2 nitrogen and oxygen atoms in total. The van der Waals surface area contributed by atoms with Crippen LogP contribution in [0, 0.1) is 13.8 Å². The Labute approximate surface area is 131 Å². The lowest BCUT2D eigenvalue weighted by Gasteiger charge is -2.14. The molecule has 2 aromatic carbocycles. The van der Waals surface area contributed by atoms with Crippen molar-refractivity contribution >= 4 is 11.8 Å². The Morgan fingerprint density at radius 2 is 1.62 bits per heavy atom. The Morgan fingerprint density at radius 1 is 0.952 bits per heavy atom. The zero-order chi connectivity index (χ0) is 15.2. The van der Waals surface area contributed by atoms with Crippen molar-refractivity contribution in [3.63, 3.8) is 0 Å². The van der Waals surface area contributed by atoms with Crippen molar-refractivity contribution < 1.29 is 9.47 Å². The van der Waals surface area contributed by atoms with Gasteiger partial charge in [-0.15, -0.1) is 11.8 Å². The van der Waals surface area contributed by atoms with Crippen LogP contribution < -0.4 is 0 Å². The lowest BCUT2D eigenvalue weighted by molar-refractivity contribution is -0.106. The van der Waals surface area contributed by atoms with Gasteiger partial charge in [-0.05, 0) is 37.1 Å². The lowest BCUT2D eigenvalue weighted by atomic mass is 10.1. The molecule has 0 bridgehead atoms. The third-order valence-corrected chi connectivity index (χ3v) is 4.54. The molecule has 112 valence electrons. The fourth-order valence-corrected chi connectivity index (χ4v) is 3.17. The van der Waals surface area contributed by atoms with Gasteiger partial charge in [-0.25, -0.2) is 0 Å². The standard InChI is InChI=1S/C18H22O2S/c1-13-5-6-14(2)16(11-13)12-21-17-9-7-15(8-10-17)18(19-3)20-4/h5-11,18H,12H2,1-4H3. The lowest BCUT2D eigenvalue weighted by Crippen LogP contribution is -2.02. The average molecular weight is 302 g/mol. The van der Waals surface area contributed by atoms with Gasteiger partial charge < -0.3 is 9.47 Å². The van der Waals surface area contributed by atoms with E-state index >= 15 is 0 Å². The molecule has 0 aliphatic carbocycles. The number of thioether (sulfide) groups is 1. The largest absolute Gasteiger partial charge is 0.352 e. The number of hydrogen-bond donors (Lipinski definition) is 0. The van der Waals surface area contributed by atoms with Gasteiger partial charge in [-0.3, -0.25) is 0 Å². The van der Waals surface area contributed by atoms with Gasteiger partial charge in [0, 0.05) is 30.4 Å². The van der Waals surface area contributed by atoms with Crippen LogP contribution in [0.4, 0.5) is 0 Å². The van der Waals surface area contributed by atoms with Gasteiger partial charge in [-0.2, -0.15) is 0 Å². The molecule has 0 heterocycles. The number of ether oxygens (including phenoxy) is 2. The first-order valence-electron chi connectivity index (χ1n) is 6.98. The summed E-state index contributed by atoms with van der Waals surface area (Å²) in [5.74, 6) is 0.991. The van der Waals surface area contributed by atoms with Crippen LogP contribution in [-0.2, 0) is 15.2 Å². The predicted molar refractivity (Wildman–Crippen MR) is 88.7 cm³/mol. The van der Waals surface area contributed by atoms with Crippen molar-refractivity contribution in [2.75, 3.05) is 14.2 Å². The smallest absolute Gasteiger partial charge is 0.183 e. The molecule has 2 aromatic rings. The number of benzene rings is 2. The molecule has 0 spiro atoms. The molecular weight excluding hydrogens is 280 g/mol. The van der Waals surface area contributed by atoms with Crippen molar-refractivity contribution in [2.24, 2.45) is 0 Å². The van der Waals surface area contributed by atoms with Crippen molar-refractivity contribution in [3.8, 4) is 0 Å². The summed E-state index contributed by atoms with van der Waals surface area (Å²) in [5.41, 5.74) is 5.10. The summed E-state index contributed by atoms with van der Waals surface area (Å²) in [4.78, 5) is 1.26. The van der Waals surface area contributed by atoms with Gasteiger partial charge in [0.2, 0.25) is 0 Å². The van der Waals surface area contributed by atoms with Crippen LogP contribution >= 0.6 is 11.8 Å². The van der Waals surface area contributed by atoms with Gasteiger partial charge in [0.1, 0.15) is 0 Å². The van der Waals surface area contributed by atoms with Crippen molar-refractivity contribution in [1.29, 1.82) is 0 Å². The van der Waals surface area contributed by atoms with E-state index in [0.29, 0.717) is 0 Å². The molecule has 0 aliphatic rings. The second kappa shape index (κ2) is 7.64. The van der Waals surface area contributed by atoms with Crippen LogP contribution in [0.15, 0.2) is 47.4 Å². The van der Waals surface area contributed by atoms with Crippen molar-refractivity contribution in [2.45, 2.75) is 30.8 Å². The third-order valence-electron chi connectivity index (χ3n) is 3.48. The first kappa shape index (κ1) is 16.1. The first-order valence-corrected chi connectivity index (χ1v) is 7.97. The molecule has 21 heavy (non-hydrogen) atoms. The highest BCUT2D eigenvalue weighted by molar-refractivity contribution is 7.98. The van der Waals surface area contributed by atoms with Crippen molar-refractivity contribution in [3.05, 3.63) is 64.7 Å². The maximum atomic E-state index is 5.25. The molecule has 0 saturated carbocycles. The number of rotatable bonds is 6. The maximum absolute atomic E-state index is 5.25. The van der Waals surface area contributed by atoms with Gasteiger partial charge in [0.15, 0.2) is 6.29 Å². The normalized spacial score (nSPS) is 11.1. The number of aryl methyl sites for hydroxylation is 2. The monoisotopic (exact) mass is 302 g/mol. The molecule has 0 amide bonds. The Kier molecular flexibility index (Phi) is 5.85. The Balaban J connectivity index is 2.02. The molecule has 0 fully saturated rings. The van der Waals surface area contributed by atoms with E-state index in [9.17, 15) is 0 Å². The SMILES string of the molecule is COC(OC)c1ccc(SCc2cc(C)ccc2C)cc1. The quantitative estimate of drug-likeness (QED) is 0.559. The van der Waals surface area contributed by atoms with Crippen LogP contribution in [0.2, 0.25) is 0 Å². The number of methoxy groups -OCH3 is 2. The zero-order valence-electron chi connectivity index (χ0n) is 13.1. The van der Waals surface area contributed by atoms with Gasteiger partial charge in [0.05, 0.1) is 0 Å². The van der Waals surface area contributed by atoms with Gasteiger partial charge in [-0.1, -0.05) is 35.9 Å². The summed E-state index contributed by atoms with van der Waals surface area (Å²) in [6.45, 7) is 4.30. The highest BCUT2D eigenvalue weighted by Gasteiger charge is 2.08. The average Bonchev–Trinajstić information content (AvgIpc) is 2.51. The molecule has 2 rings (SSSR count). The van der Waals surface area contributed by atoms with Crippen LogP contribution in [0.3, 0.4) is 0 Å². The van der Waals surface area contributed by atoms with Crippen molar-refractivity contribution in [1.82, 2.24) is 0 Å². The highest BCUT2D eigenvalue weighted by atomic mass is 32.2. The highest BCUT2D eigenvalue weighted by Crippen LogP contribution is 2.27. The number of hydrogen-bond acceptors (Lipinski definition) is 3. The minimum Gasteiger partial charge on any atom is -0.352 e. The summed E-state index contributed by atoms with van der Waals surface area (Å²) < 4.78 is 10.5. The third kappa shape index (κ3) is 4.34. The Bertz CT molecular complexity index is 574. The summed E-state index contributed by atoms with van der Waals surface area (Å²) in [7, 11) is 3.30. The maximum Gasteiger partial charge on any atom is 0.183 e. The van der Waals surface area contributed by atoms with E-state index in [0.717, 1.165) is 11.3 Å². The fraction of sp³-hybridized carbons (Fsp3) is 0.333. The Morgan fingerprint density at radius 3 is 2.24 bits per heavy atom. The Hall–Kier alpha value is -1.29. The molecular formula is C18H22O2S. The molecule has 0 N–H and O–H groups in total. The molecule has 3 heteroatoms. The second-order valence-electron chi connectivity index (χ2n) is 5.09. The van der Waals surface area contributed by atoms with Crippen LogP contribution in [-0.4, -0.2) is 14.2 Å². The summed E-state index contributed by atoms with van der Waals surface area (Å²) >= 11 is 1.85. The fourth-order valence-electron chi connectivity index (χ4n) is 2.21. The minimum absolute atomic E-state index is 0.289. The summed E-state index contributed by atoms with van der Waals surface area (Å²) in [6, 6.07) is 15.0. The van der Waals surface area contributed by atoms with Crippen LogP contribution in [0.5, 0.6) is 0 Å². The van der Waals surface area contributed by atoms with E-state index in [4.69, 9.17) is 9.47 Å². The van der Waals surface area contributed by atoms with Gasteiger partial charge in [0.25, 0.3) is 0 Å². The van der Waals surface area contributed by atoms with E-state index in [-0.39, 0.29) is 6.29 Å². The second-order valence-corrected chi connectivity index (χ2v) is 6.14. The molecule has 0 atom stereocenters. The van der Waals surface area contributed by atoms with E-state index in [1.165, 1.54) is 21.6 Å². The molecule has 0 aromatic heterocycles. The zero-order valence-corrected chi connectivity index (χ0v) is 13.9. The van der Waals surface area contributed by atoms with E-state index in [1.807, 2.05) is 11.8 Å². The predicted octanol–water partition coefficient (Wildman–Crippen LogP) is 4.89. The van der Waals surface area contributed by atoms with E-state index < -0.39 is 0 Å². The van der Waals surface area contributed by atoms with Gasteiger partial charge >= 0.3 is 0 Å².